The van der Waals surface area contributed by atoms with E-state index in [-0.39, 0.29) is 30.0 Å². The maximum Gasteiger partial charge on any atom is 0.227 e. The van der Waals surface area contributed by atoms with Gasteiger partial charge in [-0.15, -0.1) is 0 Å². The number of nitrogens with zero attached hydrogens (tertiary/aromatic N) is 1. The van der Waals surface area contributed by atoms with E-state index in [4.69, 9.17) is 0 Å². The van der Waals surface area contributed by atoms with Gasteiger partial charge in [0.2, 0.25) is 5.91 Å². The Hall–Kier alpha value is -1.71. The summed E-state index contributed by atoms with van der Waals surface area (Å²) in [5.74, 6) is -0.372. The fraction of sp³-hybridized carbons (Fsp3) is 0.467. The van der Waals surface area contributed by atoms with Gasteiger partial charge in [0, 0.05) is 18.0 Å². The van der Waals surface area contributed by atoms with Crippen LogP contribution in [0.4, 0.5) is 10.1 Å². The van der Waals surface area contributed by atoms with Crippen LogP contribution in [0.5, 0.6) is 0 Å². The molecule has 1 heterocycles. The molecule has 1 amide bonds. The van der Waals surface area contributed by atoms with Gasteiger partial charge in [0.15, 0.2) is 5.78 Å². The molecule has 0 N–H and O–H groups in total. The number of fused-ring (bicyclic) bond motifs is 1. The fourth-order valence-corrected chi connectivity index (χ4v) is 2.24. The predicted molar refractivity (Wildman–Crippen MR) is 71.5 cm³/mol. The molecule has 2 rings (SSSR count). The van der Waals surface area contributed by atoms with Crippen molar-refractivity contribution in [1.29, 1.82) is 0 Å². The number of ketones is 1. The number of aryl methyl sites for hydroxylation is 1. The maximum atomic E-state index is 13.2. The van der Waals surface area contributed by atoms with Crippen LogP contribution in [-0.2, 0) is 16.0 Å². The number of carbonyl (C=O) groups is 2. The van der Waals surface area contributed by atoms with Crippen molar-refractivity contribution in [1.82, 2.24) is 0 Å². The summed E-state index contributed by atoms with van der Waals surface area (Å²) in [6.45, 7) is 3.90. The Bertz CT molecular complexity index is 513. The third kappa shape index (κ3) is 2.83. The summed E-state index contributed by atoms with van der Waals surface area (Å²) in [5.41, 5.74) is 1.48. The monoisotopic (exact) mass is 263 g/mol. The normalized spacial score (nSPS) is 16.2. The van der Waals surface area contributed by atoms with Crippen LogP contribution in [0.3, 0.4) is 0 Å². The lowest BCUT2D eigenvalue weighted by Gasteiger charge is -2.29. The second kappa shape index (κ2) is 5.51. The number of halogens is 1. The van der Waals surface area contributed by atoms with Gasteiger partial charge >= 0.3 is 0 Å². The molecule has 1 aliphatic heterocycles. The molecular weight excluding hydrogens is 245 g/mol. The number of benzene rings is 1. The number of hydrogen-bond donors (Lipinski definition) is 0. The van der Waals surface area contributed by atoms with Gasteiger partial charge < -0.3 is 4.90 Å². The van der Waals surface area contributed by atoms with E-state index >= 15 is 0 Å². The fourth-order valence-electron chi connectivity index (χ4n) is 2.24. The minimum atomic E-state index is -0.304. The summed E-state index contributed by atoms with van der Waals surface area (Å²) in [6.07, 6.45) is 1.64. The standard InChI is InChI=1S/C15H18FNO2/c1-3-10(2)14(18)9-17-13-6-5-12(16)8-11(13)4-7-15(17)19/h5-6,8,10H,3-4,7,9H2,1-2H3. The smallest absolute Gasteiger partial charge is 0.227 e. The molecule has 0 saturated carbocycles. The van der Waals surface area contributed by atoms with Gasteiger partial charge in [0.05, 0.1) is 6.54 Å². The second-order valence-corrected chi connectivity index (χ2v) is 5.03. The van der Waals surface area contributed by atoms with Crippen LogP contribution in [0.2, 0.25) is 0 Å². The molecule has 1 aromatic rings. The van der Waals surface area contributed by atoms with Gasteiger partial charge in [-0.2, -0.15) is 0 Å². The summed E-state index contributed by atoms with van der Waals surface area (Å²) in [4.78, 5) is 25.5. The molecule has 1 aromatic carbocycles. The van der Waals surface area contributed by atoms with Crippen LogP contribution >= 0.6 is 0 Å². The van der Waals surface area contributed by atoms with Crippen LogP contribution in [0.25, 0.3) is 0 Å². The molecule has 0 spiro atoms. The molecule has 0 fully saturated rings. The minimum Gasteiger partial charge on any atom is -0.305 e. The lowest BCUT2D eigenvalue weighted by molar-refractivity contribution is -0.124. The van der Waals surface area contributed by atoms with Gasteiger partial charge in [-0.1, -0.05) is 13.8 Å². The Morgan fingerprint density at radius 3 is 2.84 bits per heavy atom. The third-order valence-electron chi connectivity index (χ3n) is 3.72. The van der Waals surface area contributed by atoms with Crippen molar-refractivity contribution in [2.45, 2.75) is 33.1 Å². The Balaban J connectivity index is 2.26. The zero-order chi connectivity index (χ0) is 14.0. The average Bonchev–Trinajstić information content (AvgIpc) is 2.40. The first kappa shape index (κ1) is 13.7. The summed E-state index contributed by atoms with van der Waals surface area (Å²) >= 11 is 0. The van der Waals surface area contributed by atoms with E-state index in [9.17, 15) is 14.0 Å². The molecule has 1 atom stereocenters. The van der Waals surface area contributed by atoms with Gasteiger partial charge in [-0.3, -0.25) is 9.59 Å². The molecule has 4 heteroatoms. The van der Waals surface area contributed by atoms with Gasteiger partial charge in [0.25, 0.3) is 0 Å². The van der Waals surface area contributed by atoms with Crippen molar-refractivity contribution in [3.05, 3.63) is 29.6 Å². The molecule has 0 saturated heterocycles. The first-order chi connectivity index (χ1) is 9.02. The molecule has 1 aliphatic rings. The largest absolute Gasteiger partial charge is 0.305 e. The minimum absolute atomic E-state index is 0.0491. The first-order valence-corrected chi connectivity index (χ1v) is 6.64. The van der Waals surface area contributed by atoms with Crippen LogP contribution in [-0.4, -0.2) is 18.2 Å². The maximum absolute atomic E-state index is 13.2. The summed E-state index contributed by atoms with van der Waals surface area (Å²) in [6, 6.07) is 4.37. The first-order valence-electron chi connectivity index (χ1n) is 6.64. The van der Waals surface area contributed by atoms with E-state index in [1.165, 1.54) is 17.0 Å². The molecule has 102 valence electrons. The van der Waals surface area contributed by atoms with Crippen LogP contribution in [0.1, 0.15) is 32.3 Å². The lowest BCUT2D eigenvalue weighted by atomic mass is 9.98. The van der Waals surface area contributed by atoms with Crippen molar-refractivity contribution < 1.29 is 14.0 Å². The molecule has 0 aromatic heterocycles. The highest BCUT2D eigenvalue weighted by Crippen LogP contribution is 2.28. The van der Waals surface area contributed by atoms with E-state index in [1.54, 1.807) is 6.07 Å². The molecule has 0 radical (unpaired) electrons. The Morgan fingerprint density at radius 1 is 1.42 bits per heavy atom. The van der Waals surface area contributed by atoms with E-state index in [2.05, 4.69) is 0 Å². The van der Waals surface area contributed by atoms with Crippen molar-refractivity contribution >= 4 is 17.4 Å². The highest BCUT2D eigenvalue weighted by Gasteiger charge is 2.27. The number of Topliss-reactive ketones (excluding diaryl/α,β-unsaturated/α-hetero) is 1. The summed E-state index contributed by atoms with van der Waals surface area (Å²) in [7, 11) is 0. The van der Waals surface area contributed by atoms with Crippen molar-refractivity contribution in [2.24, 2.45) is 5.92 Å². The van der Waals surface area contributed by atoms with Crippen LogP contribution in [0.15, 0.2) is 18.2 Å². The number of amides is 1. The number of carbonyl (C=O) groups excluding carboxylic acids is 2. The van der Waals surface area contributed by atoms with Crippen LogP contribution < -0.4 is 4.90 Å². The topological polar surface area (TPSA) is 37.4 Å². The molecule has 0 bridgehead atoms. The SMILES string of the molecule is CCC(C)C(=O)CN1C(=O)CCc2cc(F)ccc21. The van der Waals surface area contributed by atoms with Crippen molar-refractivity contribution in [3.8, 4) is 0 Å². The van der Waals surface area contributed by atoms with Gasteiger partial charge in [-0.05, 0) is 36.6 Å². The molecule has 0 aliphatic carbocycles. The Labute approximate surface area is 112 Å². The number of hydrogen-bond acceptors (Lipinski definition) is 2. The van der Waals surface area contributed by atoms with Crippen LogP contribution in [0, 0.1) is 11.7 Å². The average molecular weight is 263 g/mol. The zero-order valence-electron chi connectivity index (χ0n) is 11.3. The van der Waals surface area contributed by atoms with E-state index in [0.717, 1.165) is 12.0 Å². The summed E-state index contributed by atoms with van der Waals surface area (Å²) < 4.78 is 13.2. The summed E-state index contributed by atoms with van der Waals surface area (Å²) in [5, 5.41) is 0. The molecular formula is C15H18FNO2. The zero-order valence-corrected chi connectivity index (χ0v) is 11.3. The van der Waals surface area contributed by atoms with E-state index < -0.39 is 0 Å². The van der Waals surface area contributed by atoms with E-state index in [0.29, 0.717) is 18.5 Å². The third-order valence-corrected chi connectivity index (χ3v) is 3.72. The predicted octanol–water partition coefficient (Wildman–Crippen LogP) is 2.72. The Morgan fingerprint density at radius 2 is 2.16 bits per heavy atom. The van der Waals surface area contributed by atoms with E-state index in [1.807, 2.05) is 13.8 Å². The Kier molecular flexibility index (Phi) is 3.98. The number of anilines is 1. The van der Waals surface area contributed by atoms with Crippen molar-refractivity contribution in [3.63, 3.8) is 0 Å². The second-order valence-electron chi connectivity index (χ2n) is 5.03. The molecule has 3 nitrogen and oxygen atoms in total. The number of rotatable bonds is 4. The molecule has 1 unspecified atom stereocenters. The highest BCUT2D eigenvalue weighted by molar-refractivity contribution is 6.01. The van der Waals surface area contributed by atoms with Crippen molar-refractivity contribution in [2.75, 3.05) is 11.4 Å². The quantitative estimate of drug-likeness (QED) is 0.837. The lowest BCUT2D eigenvalue weighted by Crippen LogP contribution is -2.40. The van der Waals surface area contributed by atoms with Gasteiger partial charge in [-0.25, -0.2) is 4.39 Å². The highest BCUT2D eigenvalue weighted by atomic mass is 19.1. The molecule has 19 heavy (non-hydrogen) atoms. The van der Waals surface area contributed by atoms with Gasteiger partial charge in [0.1, 0.15) is 5.82 Å².